The Hall–Kier alpha value is -2.77. The van der Waals surface area contributed by atoms with Crippen molar-refractivity contribution in [3.05, 3.63) is 23.1 Å². The van der Waals surface area contributed by atoms with Crippen LogP contribution in [0.3, 0.4) is 0 Å². The zero-order valence-corrected chi connectivity index (χ0v) is 25.9. The Bertz CT molecular complexity index is 1000. The summed E-state index contributed by atoms with van der Waals surface area (Å²) in [6, 6.07) is -0.816. The Morgan fingerprint density at radius 3 is 2.40 bits per heavy atom. The number of ether oxygens (including phenoxy) is 2. The van der Waals surface area contributed by atoms with Crippen molar-refractivity contribution in [1.29, 1.82) is 0 Å². The highest BCUT2D eigenvalue weighted by Gasteiger charge is 2.27. The van der Waals surface area contributed by atoms with Crippen LogP contribution >= 0.6 is 7.82 Å². The van der Waals surface area contributed by atoms with Gasteiger partial charge in [0.1, 0.15) is 6.10 Å². The molecular weight excluding hydrogens is 559 g/mol. The van der Waals surface area contributed by atoms with Crippen LogP contribution in [0.25, 0.3) is 10.4 Å². The van der Waals surface area contributed by atoms with Crippen molar-refractivity contribution in [3.63, 3.8) is 0 Å². The molecule has 0 bridgehead atoms. The lowest BCUT2D eigenvalue weighted by Gasteiger charge is -2.20. The first kappa shape index (κ1) is 39.2. The standard InChI is InChI=1S/C30H47N4O7P/c1-4-7-9-11-12-13-14-16-18-20-30(35)41-29(19-17-15-10-8-5-2)21-24-37-26-28(33-34-32)27-40-42(36,38-23-6-3)39-25-22-31/h2,6,28-29H,3-4,7,9,11-14,16,18-27,31H2,1H3/t28-,29-,42?/m1/s1. The molecule has 2 N–H and O–H groups in total. The number of phosphoric ester groups is 1. The van der Waals surface area contributed by atoms with Gasteiger partial charge in [-0.05, 0) is 35.6 Å². The molecule has 0 aliphatic heterocycles. The van der Waals surface area contributed by atoms with Crippen LogP contribution in [0, 0.1) is 36.0 Å². The van der Waals surface area contributed by atoms with Gasteiger partial charge in [0.25, 0.3) is 0 Å². The predicted molar refractivity (Wildman–Crippen MR) is 164 cm³/mol. The van der Waals surface area contributed by atoms with Gasteiger partial charge in [-0.2, -0.15) is 0 Å². The summed E-state index contributed by atoms with van der Waals surface area (Å²) >= 11 is 0. The largest absolute Gasteiger partial charge is 0.475 e. The molecule has 0 aliphatic rings. The van der Waals surface area contributed by atoms with E-state index in [2.05, 4.69) is 53.1 Å². The Balaban J connectivity index is 4.74. The van der Waals surface area contributed by atoms with Crippen molar-refractivity contribution in [2.45, 2.75) is 96.1 Å². The molecule has 0 aromatic heterocycles. The van der Waals surface area contributed by atoms with E-state index < -0.39 is 20.0 Å². The van der Waals surface area contributed by atoms with Crippen LogP contribution in [0.15, 0.2) is 17.8 Å². The van der Waals surface area contributed by atoms with Crippen molar-refractivity contribution in [2.75, 3.05) is 39.6 Å². The van der Waals surface area contributed by atoms with Gasteiger partial charge in [0.2, 0.25) is 0 Å². The van der Waals surface area contributed by atoms with Crippen LogP contribution in [0.1, 0.15) is 84.0 Å². The number of nitrogens with two attached hydrogens (primary N) is 1. The number of azide groups is 1. The summed E-state index contributed by atoms with van der Waals surface area (Å²) in [5, 5.41) is 3.62. The summed E-state index contributed by atoms with van der Waals surface area (Å²) in [6.07, 6.45) is 17.3. The first-order chi connectivity index (χ1) is 20.4. The van der Waals surface area contributed by atoms with Gasteiger partial charge in [0.05, 0.1) is 39.1 Å². The topological polar surface area (TPSA) is 155 Å². The zero-order chi connectivity index (χ0) is 31.2. The Labute approximate surface area is 251 Å². The number of hydrogen-bond donors (Lipinski definition) is 1. The lowest BCUT2D eigenvalue weighted by Crippen LogP contribution is -2.23. The zero-order valence-electron chi connectivity index (χ0n) is 25.0. The average Bonchev–Trinajstić information content (AvgIpc) is 2.98. The molecule has 0 aliphatic carbocycles. The van der Waals surface area contributed by atoms with E-state index in [1.54, 1.807) is 0 Å². The minimum Gasteiger partial charge on any atom is -0.461 e. The van der Waals surface area contributed by atoms with Crippen molar-refractivity contribution in [3.8, 4) is 36.0 Å². The number of esters is 1. The summed E-state index contributed by atoms with van der Waals surface area (Å²) in [6.45, 7) is 5.56. The first-order valence-electron chi connectivity index (χ1n) is 14.5. The van der Waals surface area contributed by atoms with E-state index >= 15 is 0 Å². The summed E-state index contributed by atoms with van der Waals surface area (Å²) in [5.41, 5.74) is 14.3. The van der Waals surface area contributed by atoms with E-state index in [9.17, 15) is 9.36 Å². The molecule has 12 heteroatoms. The van der Waals surface area contributed by atoms with Crippen LogP contribution in [-0.2, 0) is 32.4 Å². The third-order valence-electron chi connectivity index (χ3n) is 5.65. The molecule has 0 aromatic rings. The van der Waals surface area contributed by atoms with Crippen LogP contribution in [0.2, 0.25) is 0 Å². The molecule has 234 valence electrons. The fraction of sp³-hybridized carbons (Fsp3) is 0.700. The maximum atomic E-state index is 12.7. The lowest BCUT2D eigenvalue weighted by atomic mass is 10.1. The van der Waals surface area contributed by atoms with Gasteiger partial charge in [0, 0.05) is 30.7 Å². The minimum absolute atomic E-state index is 0.0408. The molecule has 0 aromatic carbocycles. The normalized spacial score (nSPS) is 13.1. The molecule has 0 spiro atoms. The molecule has 1 unspecified atom stereocenters. The number of phosphoric acid groups is 1. The maximum Gasteiger partial charge on any atom is 0.475 e. The quantitative estimate of drug-likeness (QED) is 0.0168. The minimum atomic E-state index is -3.93. The predicted octanol–water partition coefficient (Wildman–Crippen LogP) is 6.24. The average molecular weight is 607 g/mol. The van der Waals surface area contributed by atoms with Crippen molar-refractivity contribution in [1.82, 2.24) is 0 Å². The number of rotatable bonds is 27. The molecule has 11 nitrogen and oxygen atoms in total. The number of carbonyl (C=O) groups is 1. The number of carbonyl (C=O) groups excluding carboxylic acids is 1. The highest BCUT2D eigenvalue weighted by molar-refractivity contribution is 7.48. The lowest BCUT2D eigenvalue weighted by molar-refractivity contribution is -0.149. The summed E-state index contributed by atoms with van der Waals surface area (Å²) in [5.74, 6) is 12.3. The highest BCUT2D eigenvalue weighted by atomic mass is 31.2. The van der Waals surface area contributed by atoms with Crippen molar-refractivity contribution >= 4 is 13.8 Å². The second-order valence-corrected chi connectivity index (χ2v) is 10.9. The number of nitrogens with zero attached hydrogens (tertiary/aromatic N) is 3. The number of unbranched alkanes of at least 4 members (excludes halogenated alkanes) is 8. The second-order valence-electron chi connectivity index (χ2n) is 9.26. The van der Waals surface area contributed by atoms with Crippen molar-refractivity contribution in [2.24, 2.45) is 10.8 Å². The van der Waals surface area contributed by atoms with Gasteiger partial charge >= 0.3 is 13.8 Å². The summed E-state index contributed by atoms with van der Waals surface area (Å²) in [7, 11) is -3.93. The Kier molecular flexibility index (Phi) is 26.5. The van der Waals surface area contributed by atoms with Crippen LogP contribution in [-0.4, -0.2) is 57.7 Å². The number of hydrogen-bond acceptors (Lipinski definition) is 9. The fourth-order valence-electron chi connectivity index (χ4n) is 3.52. The maximum absolute atomic E-state index is 12.7. The monoisotopic (exact) mass is 606 g/mol. The molecule has 0 heterocycles. The van der Waals surface area contributed by atoms with E-state index in [4.69, 9.17) is 40.7 Å². The van der Waals surface area contributed by atoms with Crippen LogP contribution < -0.4 is 5.73 Å². The third-order valence-corrected chi connectivity index (χ3v) is 7.08. The van der Waals surface area contributed by atoms with Gasteiger partial charge < -0.3 is 15.2 Å². The Morgan fingerprint density at radius 1 is 1.05 bits per heavy atom. The van der Waals surface area contributed by atoms with E-state index in [0.29, 0.717) is 12.8 Å². The molecule has 0 saturated heterocycles. The SMILES string of the molecule is C#CC#CC#CC[C@H](CCOC[C@H](COP(=O)(OCC=C)OCCN)N=[N+]=[N-])OC(=O)CCCCCCCCCCC. The van der Waals surface area contributed by atoms with Gasteiger partial charge in [-0.15, -0.1) is 13.0 Å². The molecular formula is C30H47N4O7P. The van der Waals surface area contributed by atoms with Crippen molar-refractivity contribution < 1.29 is 32.4 Å². The highest BCUT2D eigenvalue weighted by Crippen LogP contribution is 2.49. The second kappa shape index (κ2) is 28.4. The fourth-order valence-corrected chi connectivity index (χ4v) is 4.72. The van der Waals surface area contributed by atoms with E-state index in [1.807, 2.05) is 0 Å². The smallest absolute Gasteiger partial charge is 0.461 e. The number of terminal acetylenes is 1. The molecule has 3 atom stereocenters. The molecule has 0 saturated carbocycles. The first-order valence-corrected chi connectivity index (χ1v) is 16.0. The van der Waals surface area contributed by atoms with E-state index in [0.717, 1.165) is 19.3 Å². The molecule has 42 heavy (non-hydrogen) atoms. The van der Waals surface area contributed by atoms with Crippen LogP contribution in [0.4, 0.5) is 0 Å². The van der Waals surface area contributed by atoms with Gasteiger partial charge in [0.15, 0.2) is 0 Å². The molecule has 0 amide bonds. The van der Waals surface area contributed by atoms with Gasteiger partial charge in [-0.25, -0.2) is 4.57 Å². The van der Waals surface area contributed by atoms with Gasteiger partial charge in [-0.1, -0.05) is 75.4 Å². The molecule has 0 rings (SSSR count). The molecule has 0 fully saturated rings. The van der Waals surface area contributed by atoms with E-state index in [1.165, 1.54) is 44.6 Å². The Morgan fingerprint density at radius 2 is 1.76 bits per heavy atom. The summed E-state index contributed by atoms with van der Waals surface area (Å²) in [4.78, 5) is 15.2. The summed E-state index contributed by atoms with van der Waals surface area (Å²) < 4.78 is 39.5. The molecule has 0 radical (unpaired) electrons. The third kappa shape index (κ3) is 23.9. The van der Waals surface area contributed by atoms with Crippen LogP contribution in [0.5, 0.6) is 0 Å². The van der Waals surface area contributed by atoms with E-state index in [-0.39, 0.29) is 52.0 Å². The van der Waals surface area contributed by atoms with Gasteiger partial charge in [-0.3, -0.25) is 18.4 Å².